The summed E-state index contributed by atoms with van der Waals surface area (Å²) in [6, 6.07) is 0. The first kappa shape index (κ1) is 16.2. The van der Waals surface area contributed by atoms with Crippen molar-refractivity contribution in [3.05, 3.63) is 36.0 Å². The third-order valence-electron chi connectivity index (χ3n) is 4.51. The largest absolute Gasteiger partial charge is 0.381 e. The quantitative estimate of drug-likeness (QED) is 0.615. The van der Waals surface area contributed by atoms with Crippen molar-refractivity contribution in [1.29, 1.82) is 0 Å². The van der Waals surface area contributed by atoms with E-state index >= 15 is 0 Å². The molecule has 0 N–H and O–H groups in total. The molecule has 2 rings (SSSR count). The smallest absolute Gasteiger partial charge is 0.0571 e. The lowest BCUT2D eigenvalue weighted by Gasteiger charge is -2.37. The Balaban J connectivity index is 0.000000861. The molecule has 19 heavy (non-hydrogen) atoms. The molecule has 0 amide bonds. The Hall–Kier alpha value is -0.820. The average molecular weight is 262 g/mol. The minimum atomic E-state index is 0.508. The number of hydrogen-bond donors (Lipinski definition) is 0. The summed E-state index contributed by atoms with van der Waals surface area (Å²) >= 11 is 0. The lowest BCUT2D eigenvalue weighted by Crippen LogP contribution is -2.28. The molecule has 0 atom stereocenters. The van der Waals surface area contributed by atoms with Crippen molar-refractivity contribution in [2.24, 2.45) is 5.41 Å². The van der Waals surface area contributed by atoms with Gasteiger partial charge in [-0.2, -0.15) is 0 Å². The Morgan fingerprint density at radius 2 is 1.84 bits per heavy atom. The molecule has 0 aromatic carbocycles. The van der Waals surface area contributed by atoms with Gasteiger partial charge in [-0.1, -0.05) is 44.2 Å². The molecule has 0 aliphatic heterocycles. The van der Waals surface area contributed by atoms with Crippen LogP contribution in [0.4, 0.5) is 0 Å². The number of rotatable bonds is 3. The lowest BCUT2D eigenvalue weighted by atomic mass is 9.70. The van der Waals surface area contributed by atoms with Crippen molar-refractivity contribution in [2.75, 3.05) is 7.11 Å². The van der Waals surface area contributed by atoms with Gasteiger partial charge in [-0.25, -0.2) is 0 Å². The number of methoxy groups -OCH3 is 1. The van der Waals surface area contributed by atoms with E-state index in [0.717, 1.165) is 0 Å². The van der Waals surface area contributed by atoms with Crippen molar-refractivity contribution in [1.82, 2.24) is 0 Å². The van der Waals surface area contributed by atoms with Crippen LogP contribution < -0.4 is 0 Å². The van der Waals surface area contributed by atoms with Crippen molar-refractivity contribution in [3.63, 3.8) is 0 Å². The molecule has 1 nitrogen and oxygen atoms in total. The van der Waals surface area contributed by atoms with Gasteiger partial charge in [-0.15, -0.1) is 0 Å². The molecule has 2 aliphatic carbocycles. The molecular weight excluding hydrogens is 232 g/mol. The highest BCUT2D eigenvalue weighted by atomic mass is 16.5. The summed E-state index contributed by atoms with van der Waals surface area (Å²) in [4.78, 5) is 0. The van der Waals surface area contributed by atoms with Crippen LogP contribution in [0.3, 0.4) is 0 Å². The van der Waals surface area contributed by atoms with Gasteiger partial charge in [0.05, 0.1) is 6.10 Å². The fraction of sp³-hybridized carbons (Fsp3) is 0.667. The summed E-state index contributed by atoms with van der Waals surface area (Å²) < 4.78 is 5.47. The van der Waals surface area contributed by atoms with Crippen LogP contribution in [0.5, 0.6) is 0 Å². The van der Waals surface area contributed by atoms with Gasteiger partial charge in [-0.3, -0.25) is 0 Å². The van der Waals surface area contributed by atoms with Crippen LogP contribution in [0.2, 0.25) is 0 Å². The van der Waals surface area contributed by atoms with Gasteiger partial charge >= 0.3 is 0 Å². The topological polar surface area (TPSA) is 9.23 Å². The van der Waals surface area contributed by atoms with Crippen molar-refractivity contribution in [3.8, 4) is 0 Å². The van der Waals surface area contributed by atoms with Crippen molar-refractivity contribution >= 4 is 0 Å². The van der Waals surface area contributed by atoms with Gasteiger partial charge in [0, 0.05) is 7.11 Å². The maximum Gasteiger partial charge on any atom is 0.0571 e. The van der Waals surface area contributed by atoms with E-state index in [9.17, 15) is 0 Å². The summed E-state index contributed by atoms with van der Waals surface area (Å²) in [5, 5.41) is 0. The standard InChI is InChI=1S/C16H24O.C2H6/c1-4-5-6-14-12-16(11-13(14)2)9-7-15(17-3)8-10-16;1-2/h4-6,15H,1,7-12H2,2-3H3;1-2H3/b6-5-;. The molecule has 0 unspecified atom stereocenters. The Morgan fingerprint density at radius 3 is 2.37 bits per heavy atom. The van der Waals surface area contributed by atoms with Crippen LogP contribution >= 0.6 is 0 Å². The Labute approximate surface area is 119 Å². The molecule has 2 aliphatic rings. The fourth-order valence-electron chi connectivity index (χ4n) is 3.47. The maximum atomic E-state index is 5.47. The normalized spacial score (nSPS) is 30.6. The van der Waals surface area contributed by atoms with E-state index in [0.29, 0.717) is 11.5 Å². The van der Waals surface area contributed by atoms with Crippen LogP contribution in [-0.2, 0) is 4.74 Å². The molecule has 0 saturated heterocycles. The molecule has 108 valence electrons. The Kier molecular flexibility index (Phi) is 6.57. The minimum Gasteiger partial charge on any atom is -0.381 e. The second kappa shape index (κ2) is 7.69. The predicted octanol–water partition coefficient (Wildman–Crippen LogP) is 5.44. The molecule has 0 aromatic heterocycles. The van der Waals surface area contributed by atoms with Gasteiger partial charge in [0.1, 0.15) is 0 Å². The Bertz CT molecular complexity index is 341. The third-order valence-corrected chi connectivity index (χ3v) is 4.51. The summed E-state index contributed by atoms with van der Waals surface area (Å²) in [5.41, 5.74) is 3.68. The zero-order valence-electron chi connectivity index (χ0n) is 13.2. The van der Waals surface area contributed by atoms with E-state index in [1.165, 1.54) is 38.5 Å². The zero-order valence-corrected chi connectivity index (χ0v) is 13.2. The average Bonchev–Trinajstić information content (AvgIpc) is 2.76. The van der Waals surface area contributed by atoms with E-state index in [2.05, 4.69) is 25.7 Å². The van der Waals surface area contributed by atoms with E-state index in [-0.39, 0.29) is 0 Å². The molecule has 1 fully saturated rings. The van der Waals surface area contributed by atoms with Crippen molar-refractivity contribution < 1.29 is 4.74 Å². The fourth-order valence-corrected chi connectivity index (χ4v) is 3.47. The molecule has 1 saturated carbocycles. The van der Waals surface area contributed by atoms with Crippen LogP contribution in [0.25, 0.3) is 0 Å². The molecule has 0 aromatic rings. The van der Waals surface area contributed by atoms with Crippen LogP contribution in [0.1, 0.15) is 59.3 Å². The maximum absolute atomic E-state index is 5.47. The first-order valence-corrected chi connectivity index (χ1v) is 7.70. The first-order chi connectivity index (χ1) is 9.19. The SMILES string of the molecule is C=C/C=C\C1=C(C)CC2(CCC(OC)CC2)C1.CC. The third kappa shape index (κ3) is 4.07. The highest BCUT2D eigenvalue weighted by molar-refractivity contribution is 5.33. The number of hydrogen-bond acceptors (Lipinski definition) is 1. The summed E-state index contributed by atoms with van der Waals surface area (Å²) in [6.07, 6.45) is 14.4. The van der Waals surface area contributed by atoms with Crippen LogP contribution in [-0.4, -0.2) is 13.2 Å². The second-order valence-electron chi connectivity index (χ2n) is 5.69. The lowest BCUT2D eigenvalue weighted by molar-refractivity contribution is 0.0297. The predicted molar refractivity (Wildman–Crippen MR) is 84.3 cm³/mol. The van der Waals surface area contributed by atoms with Gasteiger partial charge in [0.2, 0.25) is 0 Å². The van der Waals surface area contributed by atoms with Gasteiger partial charge in [0.25, 0.3) is 0 Å². The van der Waals surface area contributed by atoms with Crippen LogP contribution in [0.15, 0.2) is 36.0 Å². The summed E-state index contributed by atoms with van der Waals surface area (Å²) in [7, 11) is 1.85. The van der Waals surface area contributed by atoms with E-state index in [4.69, 9.17) is 4.74 Å². The van der Waals surface area contributed by atoms with Gasteiger partial charge in [-0.05, 0) is 56.4 Å². The molecule has 0 radical (unpaired) electrons. The highest BCUT2D eigenvalue weighted by Gasteiger charge is 2.39. The van der Waals surface area contributed by atoms with Gasteiger partial charge < -0.3 is 4.74 Å². The minimum absolute atomic E-state index is 0.508. The highest BCUT2D eigenvalue weighted by Crippen LogP contribution is 2.51. The number of ether oxygens (including phenoxy) is 1. The second-order valence-corrected chi connectivity index (χ2v) is 5.69. The monoisotopic (exact) mass is 262 g/mol. The Morgan fingerprint density at radius 1 is 1.21 bits per heavy atom. The summed E-state index contributed by atoms with van der Waals surface area (Å²) in [5.74, 6) is 0. The van der Waals surface area contributed by atoms with E-state index < -0.39 is 0 Å². The molecule has 1 heteroatoms. The molecular formula is C18H30O. The first-order valence-electron chi connectivity index (χ1n) is 7.70. The van der Waals surface area contributed by atoms with Crippen molar-refractivity contribution in [2.45, 2.75) is 65.4 Å². The number of allylic oxidation sites excluding steroid dienone is 5. The molecule has 0 heterocycles. The molecule has 0 bridgehead atoms. The summed E-state index contributed by atoms with van der Waals surface area (Å²) in [6.45, 7) is 10.0. The van der Waals surface area contributed by atoms with E-state index in [1.54, 1.807) is 11.1 Å². The molecule has 1 spiro atoms. The van der Waals surface area contributed by atoms with Crippen LogP contribution in [0, 0.1) is 5.41 Å². The van der Waals surface area contributed by atoms with Gasteiger partial charge in [0.15, 0.2) is 0 Å². The van der Waals surface area contributed by atoms with E-state index in [1.807, 2.05) is 27.0 Å². The zero-order chi connectivity index (χ0) is 14.3.